The maximum Gasteiger partial charge on any atom is 0.303 e. The first-order chi connectivity index (χ1) is 9.99. The number of halogens is 3. The summed E-state index contributed by atoms with van der Waals surface area (Å²) in [4.78, 5) is 10.4. The van der Waals surface area contributed by atoms with Crippen molar-refractivity contribution >= 4 is 5.97 Å². The van der Waals surface area contributed by atoms with Gasteiger partial charge in [0.15, 0.2) is 17.5 Å². The van der Waals surface area contributed by atoms with Crippen molar-refractivity contribution in [1.29, 1.82) is 0 Å². The lowest BCUT2D eigenvalue weighted by Crippen LogP contribution is -2.02. The highest BCUT2D eigenvalue weighted by Gasteiger charge is 2.15. The number of carbonyl (C=O) groups is 1. The molecule has 0 aliphatic heterocycles. The lowest BCUT2D eigenvalue weighted by molar-refractivity contribution is -0.137. The van der Waals surface area contributed by atoms with Crippen LogP contribution in [0.5, 0.6) is 0 Å². The zero-order valence-electron chi connectivity index (χ0n) is 10.9. The molecule has 0 spiro atoms. The Morgan fingerprint density at radius 3 is 2.67 bits per heavy atom. The van der Waals surface area contributed by atoms with Crippen LogP contribution in [0.25, 0.3) is 5.69 Å². The molecule has 5 nitrogen and oxygen atoms in total. The van der Waals surface area contributed by atoms with E-state index < -0.39 is 23.4 Å². The second-order valence-electron chi connectivity index (χ2n) is 4.45. The minimum Gasteiger partial charge on any atom is -0.481 e. The van der Waals surface area contributed by atoms with Gasteiger partial charge in [-0.3, -0.25) is 4.79 Å². The minimum atomic E-state index is -1.56. The smallest absolute Gasteiger partial charge is 0.303 e. The molecule has 0 aliphatic rings. The predicted molar refractivity (Wildman–Crippen MR) is 66.4 cm³/mol. The summed E-state index contributed by atoms with van der Waals surface area (Å²) >= 11 is 0. The molecule has 2 rings (SSSR count). The second kappa shape index (κ2) is 6.38. The number of unbranched alkanes of at least 4 members (excludes halogenated alkanes) is 1. The van der Waals surface area contributed by atoms with Gasteiger partial charge in [-0.2, -0.15) is 0 Å². The quantitative estimate of drug-likeness (QED) is 0.657. The van der Waals surface area contributed by atoms with Crippen molar-refractivity contribution < 1.29 is 23.1 Å². The maximum absolute atomic E-state index is 13.6. The summed E-state index contributed by atoms with van der Waals surface area (Å²) in [5.74, 6) is -5.05. The van der Waals surface area contributed by atoms with Crippen LogP contribution in [0.2, 0.25) is 0 Å². The van der Waals surface area contributed by atoms with Crippen LogP contribution in [-0.4, -0.2) is 26.1 Å². The number of hydrogen-bond donors (Lipinski definition) is 1. The first kappa shape index (κ1) is 15.0. The van der Waals surface area contributed by atoms with Gasteiger partial charge in [0.25, 0.3) is 0 Å². The molecule has 1 N–H and O–H groups in total. The van der Waals surface area contributed by atoms with E-state index in [0.29, 0.717) is 25.0 Å². The fraction of sp³-hybridized carbons (Fsp3) is 0.308. The molecule has 0 bridgehead atoms. The van der Waals surface area contributed by atoms with Gasteiger partial charge in [-0.05, 0) is 31.4 Å². The third-order valence-electron chi connectivity index (χ3n) is 2.88. The van der Waals surface area contributed by atoms with Crippen molar-refractivity contribution in [3.05, 3.63) is 41.5 Å². The highest BCUT2D eigenvalue weighted by atomic mass is 19.2. The maximum atomic E-state index is 13.6. The number of aromatic nitrogens is 3. The van der Waals surface area contributed by atoms with Gasteiger partial charge in [0.05, 0.1) is 11.9 Å². The Kier molecular flexibility index (Phi) is 4.56. The van der Waals surface area contributed by atoms with Crippen LogP contribution in [-0.2, 0) is 11.2 Å². The minimum absolute atomic E-state index is 0.0614. The molecule has 21 heavy (non-hydrogen) atoms. The van der Waals surface area contributed by atoms with Crippen LogP contribution in [0.3, 0.4) is 0 Å². The van der Waals surface area contributed by atoms with Gasteiger partial charge in [-0.1, -0.05) is 5.21 Å². The summed E-state index contributed by atoms with van der Waals surface area (Å²) in [7, 11) is 0. The zero-order valence-corrected chi connectivity index (χ0v) is 10.9. The summed E-state index contributed by atoms with van der Waals surface area (Å²) < 4.78 is 40.6. The van der Waals surface area contributed by atoms with Crippen molar-refractivity contribution in [3.8, 4) is 5.69 Å². The number of carboxylic acid groups (broad SMARTS) is 1. The largest absolute Gasteiger partial charge is 0.481 e. The third-order valence-corrected chi connectivity index (χ3v) is 2.88. The molecule has 0 unspecified atom stereocenters. The van der Waals surface area contributed by atoms with Gasteiger partial charge in [-0.15, -0.1) is 5.10 Å². The monoisotopic (exact) mass is 299 g/mol. The number of aryl methyl sites for hydroxylation is 1. The van der Waals surface area contributed by atoms with Crippen molar-refractivity contribution in [2.75, 3.05) is 0 Å². The lowest BCUT2D eigenvalue weighted by atomic mass is 10.1. The standard InChI is InChI=1S/C13H12F3N3O2/c14-9-5-6-10(13(16)12(9)15)19-7-8(17-18-19)3-1-2-4-11(20)21/h5-7H,1-4H2,(H,20,21). The number of nitrogens with zero attached hydrogens (tertiary/aromatic N) is 3. The van der Waals surface area contributed by atoms with E-state index in [-0.39, 0.29) is 12.1 Å². The molecule has 0 saturated carbocycles. The van der Waals surface area contributed by atoms with E-state index in [1.54, 1.807) is 0 Å². The fourth-order valence-corrected chi connectivity index (χ4v) is 1.81. The van der Waals surface area contributed by atoms with Crippen molar-refractivity contribution in [1.82, 2.24) is 15.0 Å². The van der Waals surface area contributed by atoms with E-state index >= 15 is 0 Å². The number of carboxylic acids is 1. The summed E-state index contributed by atoms with van der Waals surface area (Å²) in [6, 6.07) is 1.87. The molecule has 1 heterocycles. The number of aliphatic carboxylic acids is 1. The molecule has 1 aromatic carbocycles. The van der Waals surface area contributed by atoms with E-state index in [1.165, 1.54) is 6.20 Å². The van der Waals surface area contributed by atoms with Crippen LogP contribution < -0.4 is 0 Å². The second-order valence-corrected chi connectivity index (χ2v) is 4.45. The van der Waals surface area contributed by atoms with E-state index in [9.17, 15) is 18.0 Å². The predicted octanol–water partition coefficient (Wildman–Crippen LogP) is 2.48. The van der Waals surface area contributed by atoms with Gasteiger partial charge < -0.3 is 5.11 Å². The molecule has 0 atom stereocenters. The molecule has 0 radical (unpaired) electrons. The Morgan fingerprint density at radius 1 is 1.19 bits per heavy atom. The van der Waals surface area contributed by atoms with E-state index in [0.717, 1.165) is 16.8 Å². The Hall–Kier alpha value is -2.38. The SMILES string of the molecule is O=C(O)CCCCc1cn(-c2ccc(F)c(F)c2F)nn1. The topological polar surface area (TPSA) is 68.0 Å². The van der Waals surface area contributed by atoms with Crippen molar-refractivity contribution in [2.45, 2.75) is 25.7 Å². The highest BCUT2D eigenvalue weighted by Crippen LogP contribution is 2.18. The van der Waals surface area contributed by atoms with Crippen LogP contribution in [0.4, 0.5) is 13.2 Å². The first-order valence-corrected chi connectivity index (χ1v) is 6.26. The van der Waals surface area contributed by atoms with Crippen LogP contribution in [0.1, 0.15) is 25.0 Å². The molecule has 0 fully saturated rings. The first-order valence-electron chi connectivity index (χ1n) is 6.26. The zero-order chi connectivity index (χ0) is 15.4. The van der Waals surface area contributed by atoms with Crippen LogP contribution >= 0.6 is 0 Å². The molecule has 0 aliphatic carbocycles. The summed E-state index contributed by atoms with van der Waals surface area (Å²) in [5.41, 5.74) is 0.280. The lowest BCUT2D eigenvalue weighted by Gasteiger charge is -2.03. The molecular weight excluding hydrogens is 287 g/mol. The van der Waals surface area contributed by atoms with Gasteiger partial charge in [0.2, 0.25) is 0 Å². The summed E-state index contributed by atoms with van der Waals surface area (Å²) in [5, 5.41) is 15.9. The molecular formula is C13H12F3N3O2. The fourth-order valence-electron chi connectivity index (χ4n) is 1.81. The van der Waals surface area contributed by atoms with Gasteiger partial charge in [0.1, 0.15) is 5.69 Å². The number of hydrogen-bond acceptors (Lipinski definition) is 3. The van der Waals surface area contributed by atoms with Crippen LogP contribution in [0.15, 0.2) is 18.3 Å². The molecule has 112 valence electrons. The van der Waals surface area contributed by atoms with E-state index in [4.69, 9.17) is 5.11 Å². The molecule has 0 amide bonds. The Labute approximate surface area is 118 Å². The van der Waals surface area contributed by atoms with E-state index in [2.05, 4.69) is 10.3 Å². The van der Waals surface area contributed by atoms with Crippen molar-refractivity contribution in [2.24, 2.45) is 0 Å². The summed E-state index contributed by atoms with van der Waals surface area (Å²) in [6.45, 7) is 0. The molecule has 2 aromatic rings. The Morgan fingerprint density at radius 2 is 1.95 bits per heavy atom. The average molecular weight is 299 g/mol. The van der Waals surface area contributed by atoms with Gasteiger partial charge >= 0.3 is 5.97 Å². The van der Waals surface area contributed by atoms with Gasteiger partial charge in [0, 0.05) is 6.42 Å². The average Bonchev–Trinajstić information content (AvgIpc) is 2.89. The summed E-state index contributed by atoms with van der Waals surface area (Å²) in [6.07, 6.45) is 3.01. The van der Waals surface area contributed by atoms with Crippen molar-refractivity contribution in [3.63, 3.8) is 0 Å². The van der Waals surface area contributed by atoms with Crippen LogP contribution in [0, 0.1) is 17.5 Å². The van der Waals surface area contributed by atoms with Gasteiger partial charge in [-0.25, -0.2) is 17.9 Å². The number of benzene rings is 1. The van der Waals surface area contributed by atoms with E-state index in [1.807, 2.05) is 0 Å². The molecule has 8 heteroatoms. The normalized spacial score (nSPS) is 10.8. The third kappa shape index (κ3) is 3.59. The molecule has 1 aromatic heterocycles. The Balaban J connectivity index is 2.06. The highest BCUT2D eigenvalue weighted by molar-refractivity contribution is 5.66. The number of rotatable bonds is 6. The molecule has 0 saturated heterocycles. The Bertz CT molecular complexity index is 658.